The molecule has 0 saturated carbocycles. The quantitative estimate of drug-likeness (QED) is 0.847. The Morgan fingerprint density at radius 1 is 1.23 bits per heavy atom. The van der Waals surface area contributed by atoms with Gasteiger partial charge < -0.3 is 15.1 Å². The van der Waals surface area contributed by atoms with Crippen molar-refractivity contribution in [1.29, 1.82) is 0 Å². The molecule has 2 saturated heterocycles. The number of anilines is 1. The summed E-state index contributed by atoms with van der Waals surface area (Å²) in [4.78, 5) is 7.92. The fourth-order valence-corrected chi connectivity index (χ4v) is 4.12. The van der Waals surface area contributed by atoms with Crippen LogP contribution in [-0.2, 0) is 6.18 Å². The Kier molecular flexibility index (Phi) is 6.04. The SMILES string of the molecule is OCC1CC(O)CCN1CC1CCCN(c2ncccc2C(F)(F)F)C1. The van der Waals surface area contributed by atoms with Crippen molar-refractivity contribution in [1.82, 2.24) is 9.88 Å². The van der Waals surface area contributed by atoms with Crippen LogP contribution in [0.5, 0.6) is 0 Å². The summed E-state index contributed by atoms with van der Waals surface area (Å²) in [6.07, 6.45) is -0.407. The number of alkyl halides is 3. The van der Waals surface area contributed by atoms with Crippen molar-refractivity contribution in [2.24, 2.45) is 5.92 Å². The van der Waals surface area contributed by atoms with Gasteiger partial charge in [-0.25, -0.2) is 4.98 Å². The largest absolute Gasteiger partial charge is 0.419 e. The number of halogens is 3. The Morgan fingerprint density at radius 2 is 2.04 bits per heavy atom. The van der Waals surface area contributed by atoms with E-state index in [4.69, 9.17) is 0 Å². The zero-order valence-corrected chi connectivity index (χ0v) is 14.7. The van der Waals surface area contributed by atoms with Crippen LogP contribution in [0.1, 0.15) is 31.2 Å². The van der Waals surface area contributed by atoms with Crippen molar-refractivity contribution in [3.63, 3.8) is 0 Å². The van der Waals surface area contributed by atoms with Crippen molar-refractivity contribution < 1.29 is 23.4 Å². The third kappa shape index (κ3) is 4.47. The summed E-state index contributed by atoms with van der Waals surface area (Å²) in [5.41, 5.74) is -0.685. The number of hydrogen-bond acceptors (Lipinski definition) is 5. The second-order valence-corrected chi connectivity index (χ2v) is 7.34. The molecule has 0 bridgehead atoms. The number of rotatable bonds is 4. The molecule has 2 aliphatic rings. The molecular formula is C18H26F3N3O2. The van der Waals surface area contributed by atoms with Gasteiger partial charge in [-0.15, -0.1) is 0 Å². The van der Waals surface area contributed by atoms with Gasteiger partial charge in [0.25, 0.3) is 0 Å². The third-order valence-electron chi connectivity index (χ3n) is 5.42. The molecule has 5 nitrogen and oxygen atoms in total. The first-order valence-corrected chi connectivity index (χ1v) is 9.18. The maximum Gasteiger partial charge on any atom is 0.419 e. The molecule has 3 rings (SSSR count). The van der Waals surface area contributed by atoms with E-state index in [2.05, 4.69) is 9.88 Å². The zero-order valence-electron chi connectivity index (χ0n) is 14.7. The average molecular weight is 373 g/mol. The van der Waals surface area contributed by atoms with Crippen molar-refractivity contribution in [3.05, 3.63) is 23.9 Å². The van der Waals surface area contributed by atoms with Crippen LogP contribution in [0.2, 0.25) is 0 Å². The van der Waals surface area contributed by atoms with Gasteiger partial charge in [0.1, 0.15) is 5.82 Å². The van der Waals surface area contributed by atoms with Crippen LogP contribution in [0.25, 0.3) is 0 Å². The fourth-order valence-electron chi connectivity index (χ4n) is 4.12. The Hall–Kier alpha value is -1.38. The molecule has 8 heteroatoms. The molecule has 0 radical (unpaired) electrons. The minimum absolute atomic E-state index is 0.00798. The number of aliphatic hydroxyl groups is 2. The fraction of sp³-hybridized carbons (Fsp3) is 0.722. The predicted molar refractivity (Wildman–Crippen MR) is 91.9 cm³/mol. The molecule has 146 valence electrons. The Morgan fingerprint density at radius 3 is 2.77 bits per heavy atom. The average Bonchev–Trinajstić information content (AvgIpc) is 2.63. The van der Waals surface area contributed by atoms with Crippen molar-refractivity contribution in [2.75, 3.05) is 37.7 Å². The summed E-state index contributed by atoms with van der Waals surface area (Å²) < 4.78 is 39.8. The van der Waals surface area contributed by atoms with E-state index in [1.165, 1.54) is 12.3 Å². The minimum atomic E-state index is -4.42. The summed E-state index contributed by atoms with van der Waals surface area (Å²) in [5.74, 6) is 0.230. The lowest BCUT2D eigenvalue weighted by Gasteiger charge is -2.41. The summed E-state index contributed by atoms with van der Waals surface area (Å²) in [6.45, 7) is 2.52. The molecule has 1 aromatic heterocycles. The summed E-state index contributed by atoms with van der Waals surface area (Å²) in [6, 6.07) is 2.33. The Balaban J connectivity index is 1.69. The van der Waals surface area contributed by atoms with E-state index in [1.54, 1.807) is 4.90 Å². The first-order chi connectivity index (χ1) is 12.4. The molecular weight excluding hydrogens is 347 g/mol. The highest BCUT2D eigenvalue weighted by Crippen LogP contribution is 2.36. The molecule has 0 amide bonds. The zero-order chi connectivity index (χ0) is 18.7. The van der Waals surface area contributed by atoms with Crippen LogP contribution in [-0.4, -0.2) is 65.0 Å². The van der Waals surface area contributed by atoms with Crippen LogP contribution in [0, 0.1) is 5.92 Å². The highest BCUT2D eigenvalue weighted by atomic mass is 19.4. The van der Waals surface area contributed by atoms with Gasteiger partial charge in [-0.05, 0) is 43.7 Å². The predicted octanol–water partition coefficient (Wildman–Crippen LogP) is 2.13. The van der Waals surface area contributed by atoms with Crippen LogP contribution < -0.4 is 4.90 Å². The topological polar surface area (TPSA) is 59.8 Å². The van der Waals surface area contributed by atoms with E-state index in [0.717, 1.165) is 25.5 Å². The molecule has 0 aromatic carbocycles. The van der Waals surface area contributed by atoms with Crippen LogP contribution in [0.4, 0.5) is 19.0 Å². The van der Waals surface area contributed by atoms with Gasteiger partial charge >= 0.3 is 6.18 Å². The molecule has 2 aliphatic heterocycles. The number of nitrogens with zero attached hydrogens (tertiary/aromatic N) is 3. The third-order valence-corrected chi connectivity index (χ3v) is 5.42. The molecule has 0 spiro atoms. The van der Waals surface area contributed by atoms with Gasteiger partial charge in [0.15, 0.2) is 0 Å². The maximum atomic E-state index is 13.3. The number of aromatic nitrogens is 1. The van der Waals surface area contributed by atoms with Gasteiger partial charge in [-0.2, -0.15) is 13.2 Å². The summed E-state index contributed by atoms with van der Waals surface area (Å²) >= 11 is 0. The Bertz CT molecular complexity index is 599. The van der Waals surface area contributed by atoms with Gasteiger partial charge in [-0.1, -0.05) is 0 Å². The van der Waals surface area contributed by atoms with E-state index in [1.807, 2.05) is 0 Å². The monoisotopic (exact) mass is 373 g/mol. The normalized spacial score (nSPS) is 28.3. The summed E-state index contributed by atoms with van der Waals surface area (Å²) in [5, 5.41) is 19.3. The van der Waals surface area contributed by atoms with E-state index in [-0.39, 0.29) is 30.5 Å². The standard InChI is InChI=1S/C18H26F3N3O2/c19-18(20,21)16-4-1-6-22-17(16)24-7-2-3-13(11-24)10-23-8-5-15(26)9-14(23)12-25/h1,4,6,13-15,25-26H,2-3,5,7-12H2. The first kappa shape index (κ1) is 19.4. The lowest BCUT2D eigenvalue weighted by molar-refractivity contribution is -0.137. The lowest BCUT2D eigenvalue weighted by atomic mass is 9.93. The van der Waals surface area contributed by atoms with E-state index < -0.39 is 11.7 Å². The number of likely N-dealkylation sites (tertiary alicyclic amines) is 1. The van der Waals surface area contributed by atoms with E-state index in [9.17, 15) is 23.4 Å². The molecule has 2 fully saturated rings. The van der Waals surface area contributed by atoms with Gasteiger partial charge in [0, 0.05) is 38.4 Å². The molecule has 3 atom stereocenters. The second-order valence-electron chi connectivity index (χ2n) is 7.34. The van der Waals surface area contributed by atoms with E-state index >= 15 is 0 Å². The number of hydrogen-bond donors (Lipinski definition) is 2. The van der Waals surface area contributed by atoms with Crippen LogP contribution in [0.3, 0.4) is 0 Å². The van der Waals surface area contributed by atoms with Crippen molar-refractivity contribution in [2.45, 2.75) is 44.0 Å². The molecule has 26 heavy (non-hydrogen) atoms. The summed E-state index contributed by atoms with van der Waals surface area (Å²) in [7, 11) is 0. The van der Waals surface area contributed by atoms with Gasteiger partial charge in [0.2, 0.25) is 0 Å². The molecule has 0 aliphatic carbocycles. The highest BCUT2D eigenvalue weighted by Gasteiger charge is 2.37. The number of pyridine rings is 1. The molecule has 3 heterocycles. The second kappa shape index (κ2) is 8.10. The number of piperidine rings is 2. The molecule has 2 N–H and O–H groups in total. The van der Waals surface area contributed by atoms with Crippen LogP contribution >= 0.6 is 0 Å². The number of aliphatic hydroxyl groups excluding tert-OH is 2. The first-order valence-electron chi connectivity index (χ1n) is 9.18. The highest BCUT2D eigenvalue weighted by molar-refractivity contribution is 5.48. The smallest absolute Gasteiger partial charge is 0.395 e. The Labute approximate surface area is 151 Å². The van der Waals surface area contributed by atoms with Crippen molar-refractivity contribution >= 4 is 5.82 Å². The van der Waals surface area contributed by atoms with Crippen LogP contribution in [0.15, 0.2) is 18.3 Å². The minimum Gasteiger partial charge on any atom is -0.395 e. The maximum absolute atomic E-state index is 13.3. The van der Waals surface area contributed by atoms with Gasteiger partial charge in [-0.3, -0.25) is 4.90 Å². The lowest BCUT2D eigenvalue weighted by Crippen LogP contribution is -2.50. The van der Waals surface area contributed by atoms with E-state index in [0.29, 0.717) is 32.5 Å². The van der Waals surface area contributed by atoms with Gasteiger partial charge in [0.05, 0.1) is 18.3 Å². The van der Waals surface area contributed by atoms with Crippen molar-refractivity contribution in [3.8, 4) is 0 Å². The molecule has 1 aromatic rings. The molecule has 3 unspecified atom stereocenters.